The summed E-state index contributed by atoms with van der Waals surface area (Å²) in [6.07, 6.45) is 87.7. The quantitative estimate of drug-likeness (QED) is 0.0422. The molecule has 2 unspecified atom stereocenters. The zero-order chi connectivity index (χ0) is 46.3. The lowest BCUT2D eigenvalue weighted by Crippen LogP contribution is -2.45. The first-order valence-corrected chi connectivity index (χ1v) is 25.3. The molecule has 0 aliphatic rings. The zero-order valence-corrected chi connectivity index (χ0v) is 40.7. The molecule has 0 bridgehead atoms. The number of allylic oxidation sites excluding steroid dienone is 27. The number of aliphatic hydroxyl groups excluding tert-OH is 2. The minimum atomic E-state index is -0.890. The van der Waals surface area contributed by atoms with Crippen LogP contribution in [0.15, 0.2) is 170 Å². The molecule has 0 aromatic carbocycles. The normalized spacial score (nSPS) is 14.4. The van der Waals surface area contributed by atoms with Gasteiger partial charge in [-0.25, -0.2) is 0 Å². The van der Waals surface area contributed by atoms with Crippen molar-refractivity contribution in [3.8, 4) is 0 Å². The third-order valence-electron chi connectivity index (χ3n) is 10.2. The first kappa shape index (κ1) is 59.8. The maximum Gasteiger partial charge on any atom is 0.220 e. The van der Waals surface area contributed by atoms with E-state index in [1.54, 1.807) is 6.08 Å². The van der Waals surface area contributed by atoms with E-state index in [0.717, 1.165) is 128 Å². The van der Waals surface area contributed by atoms with Gasteiger partial charge >= 0.3 is 0 Å². The molecule has 0 aromatic heterocycles. The number of carbonyl (C=O) groups is 1. The van der Waals surface area contributed by atoms with Gasteiger partial charge in [0, 0.05) is 6.42 Å². The van der Waals surface area contributed by atoms with Crippen LogP contribution in [0.4, 0.5) is 0 Å². The SMILES string of the molecule is CC/C=C\C/C=C\C/C=C\C/C=C\C/C=C\C/C=C\C/C=C\C/C=C\C/C=C\C/C=C\C/C=C\CCCCCCCC(=O)NC(CO)C(O)/C=C/CC/C=C/CC/C=C/CCCCC. The van der Waals surface area contributed by atoms with Crippen LogP contribution >= 0.6 is 0 Å². The smallest absolute Gasteiger partial charge is 0.220 e. The van der Waals surface area contributed by atoms with Crippen LogP contribution < -0.4 is 5.32 Å². The van der Waals surface area contributed by atoms with Crippen LogP contribution in [-0.4, -0.2) is 34.9 Å². The molecule has 0 fully saturated rings. The van der Waals surface area contributed by atoms with E-state index in [4.69, 9.17) is 0 Å². The number of hydrogen-bond donors (Lipinski definition) is 3. The van der Waals surface area contributed by atoms with Crippen LogP contribution in [0, 0.1) is 0 Å². The molecular weight excluding hydrogens is 783 g/mol. The average molecular weight is 876 g/mol. The fraction of sp³-hybridized carbons (Fsp3) is 0.517. The summed E-state index contributed by atoms with van der Waals surface area (Å²) in [5.41, 5.74) is 0. The molecule has 4 heteroatoms. The second kappa shape index (κ2) is 53.1. The highest BCUT2D eigenvalue weighted by atomic mass is 16.3. The van der Waals surface area contributed by atoms with Crippen molar-refractivity contribution in [2.24, 2.45) is 0 Å². The fourth-order valence-corrected chi connectivity index (χ4v) is 6.33. The number of hydrogen-bond acceptors (Lipinski definition) is 3. The molecule has 0 saturated heterocycles. The molecule has 0 aliphatic heterocycles. The summed E-state index contributed by atoms with van der Waals surface area (Å²) >= 11 is 0. The van der Waals surface area contributed by atoms with Crippen molar-refractivity contribution >= 4 is 5.91 Å². The van der Waals surface area contributed by atoms with Crippen molar-refractivity contribution in [1.82, 2.24) is 5.32 Å². The Balaban J connectivity index is 3.74. The van der Waals surface area contributed by atoms with E-state index in [2.05, 4.69) is 177 Å². The number of rotatable bonds is 43. The van der Waals surface area contributed by atoms with E-state index >= 15 is 0 Å². The van der Waals surface area contributed by atoms with Crippen molar-refractivity contribution < 1.29 is 15.0 Å². The Bertz CT molecular complexity index is 1460. The minimum Gasteiger partial charge on any atom is -0.394 e. The lowest BCUT2D eigenvalue weighted by atomic mass is 10.1. The van der Waals surface area contributed by atoms with E-state index in [-0.39, 0.29) is 12.5 Å². The van der Waals surface area contributed by atoms with Crippen LogP contribution in [0.5, 0.6) is 0 Å². The highest BCUT2D eigenvalue weighted by Gasteiger charge is 2.17. The number of amides is 1. The predicted octanol–water partition coefficient (Wildman–Crippen LogP) is 16.8. The van der Waals surface area contributed by atoms with E-state index < -0.39 is 12.1 Å². The minimum absolute atomic E-state index is 0.107. The molecule has 3 N–H and O–H groups in total. The maximum atomic E-state index is 12.4. The average Bonchev–Trinajstić information content (AvgIpc) is 3.30. The van der Waals surface area contributed by atoms with Crippen LogP contribution in [0.1, 0.15) is 181 Å². The van der Waals surface area contributed by atoms with Gasteiger partial charge < -0.3 is 15.5 Å². The third-order valence-corrected chi connectivity index (χ3v) is 10.2. The molecule has 2 atom stereocenters. The molecule has 0 radical (unpaired) electrons. The van der Waals surface area contributed by atoms with E-state index in [0.29, 0.717) is 6.42 Å². The second-order valence-corrected chi connectivity index (χ2v) is 16.1. The lowest BCUT2D eigenvalue weighted by Gasteiger charge is -2.19. The van der Waals surface area contributed by atoms with Gasteiger partial charge in [0.1, 0.15) is 0 Å². The van der Waals surface area contributed by atoms with Gasteiger partial charge in [-0.1, -0.05) is 216 Å². The summed E-state index contributed by atoms with van der Waals surface area (Å²) < 4.78 is 0. The van der Waals surface area contributed by atoms with Gasteiger partial charge in [0.25, 0.3) is 0 Å². The largest absolute Gasteiger partial charge is 0.394 e. The van der Waals surface area contributed by atoms with Crippen LogP contribution in [-0.2, 0) is 4.79 Å². The molecule has 0 rings (SSSR count). The zero-order valence-electron chi connectivity index (χ0n) is 40.7. The van der Waals surface area contributed by atoms with Crippen molar-refractivity contribution in [2.75, 3.05) is 6.61 Å². The first-order chi connectivity index (χ1) is 31.7. The van der Waals surface area contributed by atoms with Gasteiger partial charge in [-0.15, -0.1) is 0 Å². The molecule has 0 aliphatic carbocycles. The highest BCUT2D eigenvalue weighted by molar-refractivity contribution is 5.76. The summed E-state index contributed by atoms with van der Waals surface area (Å²) in [6, 6.07) is -0.668. The van der Waals surface area contributed by atoms with Crippen molar-refractivity contribution in [2.45, 2.75) is 193 Å². The lowest BCUT2D eigenvalue weighted by molar-refractivity contribution is -0.123. The summed E-state index contributed by atoms with van der Waals surface area (Å²) in [5, 5.41) is 22.9. The molecule has 0 saturated carbocycles. The Morgan fingerprint density at radius 2 is 0.703 bits per heavy atom. The van der Waals surface area contributed by atoms with E-state index in [1.807, 2.05) is 6.08 Å². The Kier molecular flexibility index (Phi) is 49.6. The van der Waals surface area contributed by atoms with E-state index in [1.165, 1.54) is 32.1 Å². The van der Waals surface area contributed by atoms with Gasteiger partial charge in [-0.2, -0.15) is 0 Å². The van der Waals surface area contributed by atoms with Crippen LogP contribution in [0.3, 0.4) is 0 Å². The number of carbonyl (C=O) groups excluding carboxylic acids is 1. The summed E-state index contributed by atoms with van der Waals surface area (Å²) in [6.45, 7) is 4.11. The molecule has 4 nitrogen and oxygen atoms in total. The maximum absolute atomic E-state index is 12.4. The van der Waals surface area contributed by atoms with E-state index in [9.17, 15) is 15.0 Å². The Hall–Kier alpha value is -4.25. The standard InChI is InChI=1S/C60H93NO3/c1-3-5-7-9-11-13-15-17-18-19-20-21-22-23-24-25-26-27-28-29-30-31-32-33-34-35-36-37-38-39-40-41-42-44-46-48-50-52-54-56-60(64)61-58(57-62)59(63)55-53-51-49-47-45-43-16-14-12-10-8-6-4-2/h5,7,11-14,17-18,20-21,23-24,26-27,29-30,32-33,35-36,38-39,41-42,45,47,53,55,58-59,62-63H,3-4,6,8-10,15-16,19,22,25,28,31,34,37,40,43-44,46,48-52,54,56-57H2,1-2H3,(H,61,64)/b7-5-,13-11-,14-12+,18-17-,21-20-,24-23-,27-26-,30-29-,33-32-,36-35-,39-38-,42-41-,47-45+,55-53+. The molecule has 0 spiro atoms. The Morgan fingerprint density at radius 1 is 0.391 bits per heavy atom. The van der Waals surface area contributed by atoms with Crippen molar-refractivity contribution in [3.63, 3.8) is 0 Å². The summed E-state index contributed by atoms with van der Waals surface area (Å²) in [7, 11) is 0. The van der Waals surface area contributed by atoms with Crippen molar-refractivity contribution in [1.29, 1.82) is 0 Å². The highest BCUT2D eigenvalue weighted by Crippen LogP contribution is 2.09. The van der Waals surface area contributed by atoms with Crippen molar-refractivity contribution in [3.05, 3.63) is 170 Å². The van der Waals surface area contributed by atoms with Gasteiger partial charge in [0.2, 0.25) is 5.91 Å². The first-order valence-electron chi connectivity index (χ1n) is 25.3. The fourth-order valence-electron chi connectivity index (χ4n) is 6.33. The number of nitrogens with one attached hydrogen (secondary N) is 1. The predicted molar refractivity (Wildman–Crippen MR) is 284 cm³/mol. The molecule has 64 heavy (non-hydrogen) atoms. The summed E-state index contributed by atoms with van der Waals surface area (Å²) in [4.78, 5) is 12.4. The molecule has 1 amide bonds. The Labute approximate surface area is 394 Å². The van der Waals surface area contributed by atoms with Gasteiger partial charge in [-0.3, -0.25) is 4.79 Å². The Morgan fingerprint density at radius 3 is 1.09 bits per heavy atom. The second-order valence-electron chi connectivity index (χ2n) is 16.1. The number of aliphatic hydroxyl groups is 2. The molecule has 356 valence electrons. The van der Waals surface area contributed by atoms with Gasteiger partial charge in [0.15, 0.2) is 0 Å². The van der Waals surface area contributed by atoms with Crippen LogP contribution in [0.25, 0.3) is 0 Å². The molecular formula is C60H93NO3. The van der Waals surface area contributed by atoms with Gasteiger partial charge in [0.05, 0.1) is 18.8 Å². The number of unbranched alkanes of at least 4 members (excludes halogenated alkanes) is 10. The monoisotopic (exact) mass is 876 g/mol. The topological polar surface area (TPSA) is 69.6 Å². The van der Waals surface area contributed by atoms with Gasteiger partial charge in [-0.05, 0) is 128 Å². The van der Waals surface area contributed by atoms with Crippen LogP contribution in [0.2, 0.25) is 0 Å². The third kappa shape index (κ3) is 48.8. The molecule has 0 heterocycles. The summed E-state index contributed by atoms with van der Waals surface area (Å²) in [5.74, 6) is -0.107. The molecule has 0 aromatic rings.